The van der Waals surface area contributed by atoms with Gasteiger partial charge in [0.05, 0.1) is 6.61 Å². The summed E-state index contributed by atoms with van der Waals surface area (Å²) in [5.41, 5.74) is 0. The summed E-state index contributed by atoms with van der Waals surface area (Å²) in [5, 5.41) is 3.29. The average molecular weight is 285 g/mol. The molecular weight excluding hydrogens is 265 g/mol. The predicted octanol–water partition coefficient (Wildman–Crippen LogP) is 2.07. The lowest BCUT2D eigenvalue weighted by Gasteiger charge is -2.06. The third-order valence-electron chi connectivity index (χ3n) is 1.53. The van der Waals surface area contributed by atoms with Crippen LogP contribution in [-0.2, 0) is 4.74 Å². The predicted molar refractivity (Wildman–Crippen MR) is 62.0 cm³/mol. The van der Waals surface area contributed by atoms with E-state index < -0.39 is 0 Å². The van der Waals surface area contributed by atoms with Crippen molar-refractivity contribution in [2.24, 2.45) is 5.92 Å². The summed E-state index contributed by atoms with van der Waals surface area (Å²) in [4.78, 5) is 0. The number of hydrogen-bond donors (Lipinski definition) is 1. The first kappa shape index (κ1) is 12.7. The molecule has 74 valence electrons. The Morgan fingerprint density at radius 1 is 1.25 bits per heavy atom. The maximum atomic E-state index is 5.43. The van der Waals surface area contributed by atoms with Gasteiger partial charge in [-0.2, -0.15) is 0 Å². The molecule has 0 radical (unpaired) electrons. The molecule has 2 nitrogen and oxygen atoms in total. The van der Waals surface area contributed by atoms with Crippen molar-refractivity contribution in [3.05, 3.63) is 0 Å². The Labute approximate surface area is 89.6 Å². The van der Waals surface area contributed by atoms with Crippen LogP contribution in [0.25, 0.3) is 0 Å². The van der Waals surface area contributed by atoms with E-state index in [0.717, 1.165) is 32.2 Å². The van der Waals surface area contributed by atoms with Crippen LogP contribution in [0, 0.1) is 5.92 Å². The highest BCUT2D eigenvalue weighted by Gasteiger charge is 1.93. The molecule has 0 bridgehead atoms. The average Bonchev–Trinajstić information content (AvgIpc) is 2.02. The molecule has 3 heteroatoms. The Morgan fingerprint density at radius 2 is 2.00 bits per heavy atom. The van der Waals surface area contributed by atoms with Crippen molar-refractivity contribution in [2.75, 3.05) is 30.7 Å². The molecule has 0 saturated heterocycles. The number of rotatable bonds is 8. The van der Waals surface area contributed by atoms with E-state index >= 15 is 0 Å². The van der Waals surface area contributed by atoms with E-state index in [1.165, 1.54) is 10.8 Å². The smallest absolute Gasteiger partial charge is 0.0590 e. The maximum Gasteiger partial charge on any atom is 0.0590 e. The molecule has 12 heavy (non-hydrogen) atoms. The van der Waals surface area contributed by atoms with Crippen LogP contribution in [0.15, 0.2) is 0 Å². The maximum absolute atomic E-state index is 5.43. The van der Waals surface area contributed by atoms with Gasteiger partial charge in [-0.15, -0.1) is 0 Å². The highest BCUT2D eigenvalue weighted by Crippen LogP contribution is 1.97. The van der Waals surface area contributed by atoms with Crippen molar-refractivity contribution in [1.29, 1.82) is 0 Å². The van der Waals surface area contributed by atoms with E-state index in [9.17, 15) is 0 Å². The first-order chi connectivity index (χ1) is 5.77. The molecule has 0 atom stereocenters. The third-order valence-corrected chi connectivity index (χ3v) is 2.07. The van der Waals surface area contributed by atoms with Gasteiger partial charge >= 0.3 is 0 Å². The molecule has 0 fully saturated rings. The Balaban J connectivity index is 2.82. The standard InChI is InChI=1S/C9H20INO/c1-9(2)3-7-12-8-6-11-5-4-10/h9,11H,3-8H2,1-2H3. The van der Waals surface area contributed by atoms with Crippen molar-refractivity contribution in [1.82, 2.24) is 5.32 Å². The van der Waals surface area contributed by atoms with Gasteiger partial charge in [0.2, 0.25) is 0 Å². The number of alkyl halides is 1. The highest BCUT2D eigenvalue weighted by atomic mass is 127. The van der Waals surface area contributed by atoms with Gasteiger partial charge < -0.3 is 10.1 Å². The molecule has 0 amide bonds. The van der Waals surface area contributed by atoms with Crippen molar-refractivity contribution in [3.8, 4) is 0 Å². The summed E-state index contributed by atoms with van der Waals surface area (Å²) in [6.07, 6.45) is 1.17. The summed E-state index contributed by atoms with van der Waals surface area (Å²) in [7, 11) is 0. The zero-order valence-electron chi connectivity index (χ0n) is 8.11. The SMILES string of the molecule is CC(C)CCOCCNCCI. The van der Waals surface area contributed by atoms with Crippen LogP contribution < -0.4 is 5.32 Å². The molecule has 0 aromatic rings. The van der Waals surface area contributed by atoms with Crippen LogP contribution in [0.4, 0.5) is 0 Å². The zero-order valence-corrected chi connectivity index (χ0v) is 10.3. The van der Waals surface area contributed by atoms with Gasteiger partial charge in [0.15, 0.2) is 0 Å². The van der Waals surface area contributed by atoms with Crippen molar-refractivity contribution in [2.45, 2.75) is 20.3 Å². The fourth-order valence-corrected chi connectivity index (χ4v) is 1.14. The number of ether oxygens (including phenoxy) is 1. The molecule has 0 rings (SSSR count). The molecule has 0 aliphatic heterocycles. The first-order valence-corrected chi connectivity index (χ1v) is 6.14. The fourth-order valence-electron chi connectivity index (χ4n) is 0.757. The summed E-state index contributed by atoms with van der Waals surface area (Å²) < 4.78 is 6.60. The fraction of sp³-hybridized carbons (Fsp3) is 1.00. The lowest BCUT2D eigenvalue weighted by atomic mass is 10.1. The van der Waals surface area contributed by atoms with Crippen molar-refractivity contribution < 1.29 is 4.74 Å². The monoisotopic (exact) mass is 285 g/mol. The van der Waals surface area contributed by atoms with Crippen LogP contribution in [0.5, 0.6) is 0 Å². The molecule has 0 heterocycles. The van der Waals surface area contributed by atoms with E-state index in [4.69, 9.17) is 4.74 Å². The van der Waals surface area contributed by atoms with Gasteiger partial charge in [0.1, 0.15) is 0 Å². The van der Waals surface area contributed by atoms with Gasteiger partial charge in [0, 0.05) is 24.1 Å². The molecule has 0 aliphatic carbocycles. The lowest BCUT2D eigenvalue weighted by Crippen LogP contribution is -2.21. The molecular formula is C9H20INO. The summed E-state index contributed by atoms with van der Waals surface area (Å²) in [5.74, 6) is 0.757. The van der Waals surface area contributed by atoms with Gasteiger partial charge in [-0.05, 0) is 12.3 Å². The minimum Gasteiger partial charge on any atom is -0.380 e. The van der Waals surface area contributed by atoms with Crippen LogP contribution >= 0.6 is 22.6 Å². The molecule has 0 aliphatic rings. The second-order valence-corrected chi connectivity index (χ2v) is 4.31. The molecule has 0 aromatic carbocycles. The normalized spacial score (nSPS) is 11.0. The van der Waals surface area contributed by atoms with Gasteiger partial charge in [-0.25, -0.2) is 0 Å². The minimum absolute atomic E-state index is 0.757. The van der Waals surface area contributed by atoms with E-state index in [1.54, 1.807) is 0 Å². The number of halogens is 1. The van der Waals surface area contributed by atoms with Gasteiger partial charge in [-0.3, -0.25) is 0 Å². The van der Waals surface area contributed by atoms with Crippen LogP contribution in [0.1, 0.15) is 20.3 Å². The summed E-state index contributed by atoms with van der Waals surface area (Å²) >= 11 is 2.36. The molecule has 0 unspecified atom stereocenters. The van der Waals surface area contributed by atoms with Crippen LogP contribution in [0.3, 0.4) is 0 Å². The van der Waals surface area contributed by atoms with Crippen LogP contribution in [-0.4, -0.2) is 30.7 Å². The summed E-state index contributed by atoms with van der Waals surface area (Å²) in [6, 6.07) is 0. The minimum atomic E-state index is 0.757. The topological polar surface area (TPSA) is 21.3 Å². The molecule has 0 aromatic heterocycles. The van der Waals surface area contributed by atoms with E-state index in [1.807, 2.05) is 0 Å². The zero-order chi connectivity index (χ0) is 9.23. The Hall–Kier alpha value is 0.650. The van der Waals surface area contributed by atoms with E-state index in [0.29, 0.717) is 0 Å². The Bertz CT molecular complexity index is 88.6. The Kier molecular flexibility index (Phi) is 10.3. The van der Waals surface area contributed by atoms with Crippen molar-refractivity contribution >= 4 is 22.6 Å². The quantitative estimate of drug-likeness (QED) is 0.419. The van der Waals surface area contributed by atoms with Crippen LogP contribution in [0.2, 0.25) is 0 Å². The second-order valence-electron chi connectivity index (χ2n) is 3.23. The van der Waals surface area contributed by atoms with Crippen molar-refractivity contribution in [3.63, 3.8) is 0 Å². The number of nitrogens with one attached hydrogen (secondary N) is 1. The van der Waals surface area contributed by atoms with Gasteiger partial charge in [0.25, 0.3) is 0 Å². The van der Waals surface area contributed by atoms with Gasteiger partial charge in [-0.1, -0.05) is 36.4 Å². The first-order valence-electron chi connectivity index (χ1n) is 4.61. The summed E-state index contributed by atoms with van der Waals surface area (Å²) in [6.45, 7) is 8.28. The largest absolute Gasteiger partial charge is 0.380 e. The molecule has 0 saturated carbocycles. The third kappa shape index (κ3) is 10.7. The highest BCUT2D eigenvalue weighted by molar-refractivity contribution is 14.1. The van der Waals surface area contributed by atoms with E-state index in [-0.39, 0.29) is 0 Å². The molecule has 1 N–H and O–H groups in total. The van der Waals surface area contributed by atoms with E-state index in [2.05, 4.69) is 41.8 Å². The Morgan fingerprint density at radius 3 is 2.58 bits per heavy atom. The lowest BCUT2D eigenvalue weighted by molar-refractivity contribution is 0.126. The molecule has 0 spiro atoms. The number of hydrogen-bond acceptors (Lipinski definition) is 2. The second kappa shape index (κ2) is 9.74.